The van der Waals surface area contributed by atoms with Crippen LogP contribution in [-0.2, 0) is 4.79 Å². The van der Waals surface area contributed by atoms with Crippen molar-refractivity contribution in [1.29, 1.82) is 0 Å². The van der Waals surface area contributed by atoms with Crippen molar-refractivity contribution in [2.75, 3.05) is 5.32 Å². The van der Waals surface area contributed by atoms with Crippen LogP contribution in [0.4, 0.5) is 5.69 Å². The van der Waals surface area contributed by atoms with E-state index in [1.165, 1.54) is 6.92 Å². The van der Waals surface area contributed by atoms with Crippen molar-refractivity contribution in [3.63, 3.8) is 0 Å². The first-order valence-electron chi connectivity index (χ1n) is 7.87. The fourth-order valence-corrected chi connectivity index (χ4v) is 3.70. The maximum atomic E-state index is 11.3. The number of hydrogen-bond acceptors (Lipinski definition) is 2. The van der Waals surface area contributed by atoms with Gasteiger partial charge in [0.25, 0.3) is 0 Å². The molecule has 0 aliphatic rings. The molecule has 1 heterocycles. The smallest absolute Gasteiger partial charge is 0.221 e. The average Bonchev–Trinajstić information content (AvgIpc) is 2.59. The molecular weight excluding hydrogens is 391 g/mol. The van der Waals surface area contributed by atoms with Crippen molar-refractivity contribution in [1.82, 2.24) is 4.98 Å². The molecule has 26 heavy (non-hydrogen) atoms. The quantitative estimate of drug-likeness (QED) is 0.563. The second kappa shape index (κ2) is 8.09. The highest BCUT2D eigenvalue weighted by molar-refractivity contribution is 6.36. The SMILES string of the molecule is CC(=O)Nc1cc(Cl)c(C(c2ccncc2)c2ccc(Cl)cc2)c(Cl)c1. The van der Waals surface area contributed by atoms with Crippen LogP contribution in [0.3, 0.4) is 0 Å². The van der Waals surface area contributed by atoms with Crippen LogP contribution in [0.25, 0.3) is 0 Å². The molecule has 0 fully saturated rings. The van der Waals surface area contributed by atoms with Crippen LogP contribution in [0.1, 0.15) is 29.5 Å². The molecule has 0 saturated carbocycles. The predicted molar refractivity (Wildman–Crippen MR) is 107 cm³/mol. The summed E-state index contributed by atoms with van der Waals surface area (Å²) in [5, 5.41) is 4.30. The number of nitrogens with one attached hydrogen (secondary N) is 1. The first-order valence-corrected chi connectivity index (χ1v) is 9.01. The molecule has 2 aromatic carbocycles. The molecule has 0 aliphatic carbocycles. The van der Waals surface area contributed by atoms with E-state index in [-0.39, 0.29) is 11.8 Å². The molecule has 0 saturated heterocycles. The van der Waals surface area contributed by atoms with Gasteiger partial charge >= 0.3 is 0 Å². The van der Waals surface area contributed by atoms with Crippen molar-refractivity contribution in [2.45, 2.75) is 12.8 Å². The maximum Gasteiger partial charge on any atom is 0.221 e. The van der Waals surface area contributed by atoms with E-state index in [0.717, 1.165) is 16.7 Å². The van der Waals surface area contributed by atoms with Gasteiger partial charge in [-0.25, -0.2) is 0 Å². The molecule has 1 N–H and O–H groups in total. The van der Waals surface area contributed by atoms with E-state index in [1.807, 2.05) is 36.4 Å². The Hall–Kier alpha value is -2.07. The van der Waals surface area contributed by atoms with E-state index >= 15 is 0 Å². The lowest BCUT2D eigenvalue weighted by Gasteiger charge is -2.22. The lowest BCUT2D eigenvalue weighted by molar-refractivity contribution is -0.114. The van der Waals surface area contributed by atoms with Crippen molar-refractivity contribution >= 4 is 46.4 Å². The van der Waals surface area contributed by atoms with E-state index in [1.54, 1.807) is 24.5 Å². The van der Waals surface area contributed by atoms with Crippen molar-refractivity contribution in [3.05, 3.63) is 92.7 Å². The number of rotatable bonds is 4. The van der Waals surface area contributed by atoms with Crippen LogP contribution in [0.15, 0.2) is 60.9 Å². The summed E-state index contributed by atoms with van der Waals surface area (Å²) >= 11 is 19.2. The van der Waals surface area contributed by atoms with Gasteiger partial charge in [0, 0.05) is 51.6 Å². The summed E-state index contributed by atoms with van der Waals surface area (Å²) in [6.45, 7) is 1.43. The third-order valence-electron chi connectivity index (χ3n) is 3.93. The lowest BCUT2D eigenvalue weighted by Crippen LogP contribution is -2.08. The Morgan fingerprint density at radius 2 is 1.46 bits per heavy atom. The molecule has 0 radical (unpaired) electrons. The van der Waals surface area contributed by atoms with Crippen LogP contribution in [0.5, 0.6) is 0 Å². The molecule has 0 spiro atoms. The highest BCUT2D eigenvalue weighted by atomic mass is 35.5. The van der Waals surface area contributed by atoms with E-state index < -0.39 is 0 Å². The second-order valence-electron chi connectivity index (χ2n) is 5.80. The minimum Gasteiger partial charge on any atom is -0.326 e. The van der Waals surface area contributed by atoms with Crippen molar-refractivity contribution in [2.24, 2.45) is 0 Å². The van der Waals surface area contributed by atoms with Gasteiger partial charge in [-0.15, -0.1) is 0 Å². The van der Waals surface area contributed by atoms with Gasteiger partial charge in [0.05, 0.1) is 0 Å². The lowest BCUT2D eigenvalue weighted by atomic mass is 9.85. The third kappa shape index (κ3) is 4.18. The van der Waals surface area contributed by atoms with E-state index in [2.05, 4.69) is 10.3 Å². The largest absolute Gasteiger partial charge is 0.326 e. The molecule has 6 heteroatoms. The molecule has 1 unspecified atom stereocenters. The summed E-state index contributed by atoms with van der Waals surface area (Å²) in [6, 6.07) is 14.8. The summed E-state index contributed by atoms with van der Waals surface area (Å²) in [5.41, 5.74) is 3.31. The Kier molecular flexibility index (Phi) is 5.82. The summed E-state index contributed by atoms with van der Waals surface area (Å²) in [7, 11) is 0. The van der Waals surface area contributed by atoms with Crippen LogP contribution in [-0.4, -0.2) is 10.9 Å². The summed E-state index contributed by atoms with van der Waals surface area (Å²) in [5.74, 6) is -0.380. The molecule has 3 aromatic rings. The number of anilines is 1. The normalized spacial score (nSPS) is 11.8. The Labute approximate surface area is 166 Å². The maximum absolute atomic E-state index is 11.3. The van der Waals surface area contributed by atoms with Gasteiger partial charge in [0.1, 0.15) is 0 Å². The fourth-order valence-electron chi connectivity index (χ4n) is 2.87. The summed E-state index contributed by atoms with van der Waals surface area (Å²) in [6.07, 6.45) is 3.46. The van der Waals surface area contributed by atoms with E-state index in [4.69, 9.17) is 34.8 Å². The Balaban J connectivity index is 2.16. The van der Waals surface area contributed by atoms with E-state index in [9.17, 15) is 4.79 Å². The van der Waals surface area contributed by atoms with Crippen LogP contribution >= 0.6 is 34.8 Å². The topological polar surface area (TPSA) is 42.0 Å². The number of benzene rings is 2. The summed E-state index contributed by atoms with van der Waals surface area (Å²) in [4.78, 5) is 15.4. The number of aromatic nitrogens is 1. The number of nitrogens with zero attached hydrogens (tertiary/aromatic N) is 1. The second-order valence-corrected chi connectivity index (χ2v) is 7.05. The molecule has 1 atom stereocenters. The number of carbonyl (C=O) groups is 1. The predicted octanol–water partition coefficient (Wildman–Crippen LogP) is 6.18. The van der Waals surface area contributed by atoms with Gasteiger partial charge in [-0.3, -0.25) is 9.78 Å². The highest BCUT2D eigenvalue weighted by Crippen LogP contribution is 2.41. The monoisotopic (exact) mass is 404 g/mol. The first-order chi connectivity index (χ1) is 12.5. The summed E-state index contributed by atoms with van der Waals surface area (Å²) < 4.78 is 0. The van der Waals surface area contributed by atoms with Crippen molar-refractivity contribution in [3.8, 4) is 0 Å². The minimum atomic E-state index is -0.193. The van der Waals surface area contributed by atoms with Gasteiger partial charge in [-0.05, 0) is 47.5 Å². The van der Waals surface area contributed by atoms with Gasteiger partial charge in [0.15, 0.2) is 0 Å². The van der Waals surface area contributed by atoms with Gasteiger partial charge in [-0.2, -0.15) is 0 Å². The molecule has 0 aliphatic heterocycles. The number of amides is 1. The van der Waals surface area contributed by atoms with Gasteiger partial charge in [-0.1, -0.05) is 46.9 Å². The molecule has 1 aromatic heterocycles. The van der Waals surface area contributed by atoms with E-state index in [0.29, 0.717) is 20.8 Å². The number of pyridine rings is 1. The van der Waals surface area contributed by atoms with Gasteiger partial charge in [0.2, 0.25) is 5.91 Å². The zero-order valence-corrected chi connectivity index (χ0v) is 16.1. The number of carbonyl (C=O) groups excluding carboxylic acids is 1. The minimum absolute atomic E-state index is 0.187. The zero-order valence-electron chi connectivity index (χ0n) is 13.8. The number of halogens is 3. The molecule has 1 amide bonds. The van der Waals surface area contributed by atoms with Crippen LogP contribution < -0.4 is 5.32 Å². The zero-order chi connectivity index (χ0) is 18.7. The molecular formula is C20H15Cl3N2O. The van der Waals surface area contributed by atoms with Gasteiger partial charge < -0.3 is 5.32 Å². The molecule has 3 nitrogen and oxygen atoms in total. The molecule has 132 valence electrons. The number of hydrogen-bond donors (Lipinski definition) is 1. The van der Waals surface area contributed by atoms with Crippen LogP contribution in [0, 0.1) is 0 Å². The van der Waals surface area contributed by atoms with Crippen molar-refractivity contribution < 1.29 is 4.79 Å². The van der Waals surface area contributed by atoms with Crippen LogP contribution in [0.2, 0.25) is 15.1 Å². The average molecular weight is 406 g/mol. The molecule has 3 rings (SSSR count). The Bertz CT molecular complexity index is 905. The standard InChI is InChI=1S/C20H15Cl3N2O/c1-12(26)25-16-10-17(22)20(18(23)11-16)19(14-6-8-24-9-7-14)13-2-4-15(21)5-3-13/h2-11,19H,1H3,(H,25,26). The fraction of sp³-hybridized carbons (Fsp3) is 0.100. The Morgan fingerprint density at radius 3 is 2.00 bits per heavy atom. The molecule has 0 bridgehead atoms. The Morgan fingerprint density at radius 1 is 0.923 bits per heavy atom. The first kappa shape index (κ1) is 18.7. The highest BCUT2D eigenvalue weighted by Gasteiger charge is 2.23. The third-order valence-corrected chi connectivity index (χ3v) is 4.81.